The number of unbranched alkanes of at least 4 members (excludes halogenated alkanes) is 1. The van der Waals surface area contributed by atoms with Gasteiger partial charge in [-0.1, -0.05) is 43.7 Å². The number of nitrogens with zero attached hydrogens (tertiary/aromatic N) is 4. The lowest BCUT2D eigenvalue weighted by atomic mass is 10.2. The highest BCUT2D eigenvalue weighted by Gasteiger charge is 2.06. The van der Waals surface area contributed by atoms with Crippen LogP contribution in [0.15, 0.2) is 47.7 Å². The second kappa shape index (κ2) is 12.7. The van der Waals surface area contributed by atoms with Crippen molar-refractivity contribution in [2.24, 2.45) is 4.99 Å². The highest BCUT2D eigenvalue weighted by Crippen LogP contribution is 2.06. The van der Waals surface area contributed by atoms with Crippen molar-refractivity contribution in [3.8, 4) is 0 Å². The van der Waals surface area contributed by atoms with Crippen molar-refractivity contribution in [1.29, 1.82) is 0 Å². The number of aliphatic imine (C=N–C) groups is 1. The van der Waals surface area contributed by atoms with E-state index in [0.29, 0.717) is 0 Å². The Bertz CT molecular complexity index is 639. The summed E-state index contributed by atoms with van der Waals surface area (Å²) in [6.45, 7) is 7.84. The summed E-state index contributed by atoms with van der Waals surface area (Å²) in [6.07, 6.45) is 7.14. The van der Waals surface area contributed by atoms with Gasteiger partial charge in [-0.2, -0.15) is 0 Å². The van der Waals surface area contributed by atoms with Gasteiger partial charge in [0.05, 0.1) is 0 Å². The summed E-state index contributed by atoms with van der Waals surface area (Å²) in [5.41, 5.74) is 1.29. The van der Waals surface area contributed by atoms with Crippen LogP contribution in [-0.4, -0.2) is 47.1 Å². The van der Waals surface area contributed by atoms with Crippen LogP contribution in [0.25, 0.3) is 0 Å². The maximum atomic E-state index is 4.77. The Balaban J connectivity index is 0.00000338. The Morgan fingerprint density at radius 1 is 1.23 bits per heavy atom. The molecule has 0 atom stereocenters. The molecule has 144 valence electrons. The summed E-state index contributed by atoms with van der Waals surface area (Å²) < 4.78 is 2.21. The zero-order valence-electron chi connectivity index (χ0n) is 16.2. The molecule has 1 aromatic carbocycles. The zero-order valence-corrected chi connectivity index (χ0v) is 18.5. The molecule has 0 radical (unpaired) electrons. The molecular weight excluding hydrogens is 437 g/mol. The normalized spacial score (nSPS) is 11.1. The van der Waals surface area contributed by atoms with Crippen molar-refractivity contribution >= 4 is 29.9 Å². The molecule has 0 aliphatic rings. The van der Waals surface area contributed by atoms with Crippen LogP contribution in [0.2, 0.25) is 0 Å². The average molecular weight is 469 g/mol. The topological polar surface area (TPSA) is 45.5 Å². The van der Waals surface area contributed by atoms with Crippen LogP contribution in [0, 0.1) is 0 Å². The smallest absolute Gasteiger partial charge is 0.193 e. The van der Waals surface area contributed by atoms with Crippen LogP contribution < -0.4 is 5.32 Å². The van der Waals surface area contributed by atoms with E-state index < -0.39 is 0 Å². The van der Waals surface area contributed by atoms with E-state index in [2.05, 4.69) is 64.9 Å². The molecule has 5 nitrogen and oxygen atoms in total. The van der Waals surface area contributed by atoms with Gasteiger partial charge in [-0.3, -0.25) is 4.99 Å². The lowest BCUT2D eigenvalue weighted by molar-refractivity contribution is 0.465. The third-order valence-corrected chi connectivity index (χ3v) is 4.14. The van der Waals surface area contributed by atoms with Gasteiger partial charge in [0.1, 0.15) is 5.82 Å². The van der Waals surface area contributed by atoms with E-state index in [9.17, 15) is 0 Å². The van der Waals surface area contributed by atoms with Crippen molar-refractivity contribution in [3.63, 3.8) is 0 Å². The molecule has 0 unspecified atom stereocenters. The Kier molecular flexibility index (Phi) is 11.0. The van der Waals surface area contributed by atoms with Gasteiger partial charge in [-0.25, -0.2) is 4.98 Å². The Hall–Kier alpha value is -1.57. The maximum absolute atomic E-state index is 4.77. The van der Waals surface area contributed by atoms with E-state index in [0.717, 1.165) is 44.4 Å². The molecule has 0 bridgehead atoms. The average Bonchev–Trinajstić information content (AvgIpc) is 3.07. The fourth-order valence-corrected chi connectivity index (χ4v) is 2.72. The van der Waals surface area contributed by atoms with E-state index in [4.69, 9.17) is 4.99 Å². The molecule has 0 aliphatic carbocycles. The first-order valence-electron chi connectivity index (χ1n) is 9.28. The molecular formula is C20H32IN5. The largest absolute Gasteiger partial charge is 0.357 e. The first kappa shape index (κ1) is 22.5. The van der Waals surface area contributed by atoms with Gasteiger partial charge in [-0.05, 0) is 18.9 Å². The van der Waals surface area contributed by atoms with Crippen LogP contribution in [0.4, 0.5) is 0 Å². The number of rotatable bonds is 9. The van der Waals surface area contributed by atoms with Gasteiger partial charge in [0.25, 0.3) is 0 Å². The number of benzene rings is 1. The molecule has 2 rings (SSSR count). The SMILES string of the molecule is CCCCN(C)C(=NCCc1nccn1Cc1ccccc1)NCC.I. The van der Waals surface area contributed by atoms with E-state index in [-0.39, 0.29) is 24.0 Å². The van der Waals surface area contributed by atoms with Crippen LogP contribution in [0.5, 0.6) is 0 Å². The second-order valence-corrected chi connectivity index (χ2v) is 6.22. The summed E-state index contributed by atoms with van der Waals surface area (Å²) in [6, 6.07) is 10.5. The third kappa shape index (κ3) is 7.35. The van der Waals surface area contributed by atoms with E-state index in [1.165, 1.54) is 18.4 Å². The fraction of sp³-hybridized carbons (Fsp3) is 0.500. The molecule has 0 aliphatic heterocycles. The monoisotopic (exact) mass is 469 g/mol. The minimum absolute atomic E-state index is 0. The van der Waals surface area contributed by atoms with E-state index in [1.54, 1.807) is 0 Å². The number of hydrogen-bond donors (Lipinski definition) is 1. The standard InChI is InChI=1S/C20H31N5.HI/c1-4-6-15-24(3)20(21-5-2)23-13-12-19-22-14-16-25(19)17-18-10-8-7-9-11-18;/h7-11,14,16H,4-6,12-13,15,17H2,1-3H3,(H,21,23);1H. The summed E-state index contributed by atoms with van der Waals surface area (Å²) in [5, 5.41) is 3.37. The van der Waals surface area contributed by atoms with Gasteiger partial charge >= 0.3 is 0 Å². The molecule has 26 heavy (non-hydrogen) atoms. The third-order valence-electron chi connectivity index (χ3n) is 4.14. The maximum Gasteiger partial charge on any atom is 0.193 e. The molecule has 0 spiro atoms. The quantitative estimate of drug-likeness (QED) is 0.346. The first-order chi connectivity index (χ1) is 12.2. The summed E-state index contributed by atoms with van der Waals surface area (Å²) in [7, 11) is 2.10. The van der Waals surface area contributed by atoms with Crippen LogP contribution in [0.3, 0.4) is 0 Å². The number of aromatic nitrogens is 2. The summed E-state index contributed by atoms with van der Waals surface area (Å²) in [4.78, 5) is 11.5. The van der Waals surface area contributed by atoms with Crippen LogP contribution in [-0.2, 0) is 13.0 Å². The Morgan fingerprint density at radius 3 is 2.69 bits per heavy atom. The number of halogens is 1. The fourth-order valence-electron chi connectivity index (χ4n) is 2.72. The summed E-state index contributed by atoms with van der Waals surface area (Å²) >= 11 is 0. The molecule has 0 saturated heterocycles. The van der Waals surface area contributed by atoms with Crippen molar-refractivity contribution in [2.75, 3.05) is 26.7 Å². The number of guanidine groups is 1. The van der Waals surface area contributed by atoms with Gasteiger partial charge < -0.3 is 14.8 Å². The molecule has 1 N–H and O–H groups in total. The number of hydrogen-bond acceptors (Lipinski definition) is 2. The molecule has 6 heteroatoms. The van der Waals surface area contributed by atoms with Crippen molar-refractivity contribution in [1.82, 2.24) is 19.8 Å². The van der Waals surface area contributed by atoms with Crippen LogP contribution >= 0.6 is 24.0 Å². The minimum atomic E-state index is 0. The minimum Gasteiger partial charge on any atom is -0.357 e. The highest BCUT2D eigenvalue weighted by atomic mass is 127. The highest BCUT2D eigenvalue weighted by molar-refractivity contribution is 14.0. The molecule has 0 fully saturated rings. The lowest BCUT2D eigenvalue weighted by Gasteiger charge is -2.21. The molecule has 1 aromatic heterocycles. The van der Waals surface area contributed by atoms with Gasteiger partial charge in [0.15, 0.2) is 5.96 Å². The van der Waals surface area contributed by atoms with Gasteiger partial charge in [0, 0.05) is 52.0 Å². The predicted octanol–water partition coefficient (Wildman–Crippen LogP) is 3.79. The second-order valence-electron chi connectivity index (χ2n) is 6.22. The van der Waals surface area contributed by atoms with Gasteiger partial charge in [0.2, 0.25) is 0 Å². The van der Waals surface area contributed by atoms with Crippen molar-refractivity contribution in [2.45, 2.75) is 39.7 Å². The number of imidazole rings is 1. The van der Waals surface area contributed by atoms with E-state index in [1.807, 2.05) is 18.5 Å². The Morgan fingerprint density at radius 2 is 2.00 bits per heavy atom. The zero-order chi connectivity index (χ0) is 17.9. The first-order valence-corrected chi connectivity index (χ1v) is 9.28. The van der Waals surface area contributed by atoms with Gasteiger partial charge in [-0.15, -0.1) is 24.0 Å². The molecule has 0 saturated carbocycles. The Labute approximate surface area is 174 Å². The molecule has 0 amide bonds. The van der Waals surface area contributed by atoms with Crippen LogP contribution in [0.1, 0.15) is 38.1 Å². The van der Waals surface area contributed by atoms with Crippen molar-refractivity contribution in [3.05, 3.63) is 54.1 Å². The van der Waals surface area contributed by atoms with Crippen molar-refractivity contribution < 1.29 is 0 Å². The van der Waals surface area contributed by atoms with E-state index >= 15 is 0 Å². The predicted molar refractivity (Wildman–Crippen MR) is 120 cm³/mol. The number of nitrogens with one attached hydrogen (secondary N) is 1. The summed E-state index contributed by atoms with van der Waals surface area (Å²) in [5.74, 6) is 2.07. The molecule has 2 aromatic rings. The lowest BCUT2D eigenvalue weighted by Crippen LogP contribution is -2.39. The molecule has 1 heterocycles.